The number of ether oxygens (including phenoxy) is 2. The fourth-order valence-corrected chi connectivity index (χ4v) is 3.76. The molecule has 0 bridgehead atoms. The highest BCUT2D eigenvalue weighted by Gasteiger charge is 2.40. The molecular formula is C22H39N3O5. The van der Waals surface area contributed by atoms with Crippen LogP contribution in [0.15, 0.2) is 0 Å². The highest BCUT2D eigenvalue weighted by atomic mass is 16.7. The number of rotatable bonds is 9. The number of ketones is 1. The first-order valence-corrected chi connectivity index (χ1v) is 11.2. The maximum atomic E-state index is 12.8. The van der Waals surface area contributed by atoms with Crippen LogP contribution in [0.3, 0.4) is 0 Å². The third-order valence-corrected chi connectivity index (χ3v) is 6.00. The highest BCUT2D eigenvalue weighted by Crippen LogP contribution is 2.29. The molecule has 1 saturated carbocycles. The number of nitrogens with two attached hydrogens (primary N) is 1. The van der Waals surface area contributed by atoms with Crippen molar-refractivity contribution in [2.75, 3.05) is 19.8 Å². The summed E-state index contributed by atoms with van der Waals surface area (Å²) in [6.45, 7) is 8.86. The Kier molecular flexibility index (Phi) is 8.42. The van der Waals surface area contributed by atoms with Gasteiger partial charge in [0, 0.05) is 5.41 Å². The lowest BCUT2D eigenvalue weighted by atomic mass is 9.81. The van der Waals surface area contributed by atoms with Gasteiger partial charge in [-0.25, -0.2) is 0 Å². The van der Waals surface area contributed by atoms with Crippen molar-refractivity contribution in [3.05, 3.63) is 0 Å². The summed E-state index contributed by atoms with van der Waals surface area (Å²) in [6, 6.07) is -0.875. The van der Waals surface area contributed by atoms with Crippen LogP contribution in [0.2, 0.25) is 0 Å². The van der Waals surface area contributed by atoms with Gasteiger partial charge in [0.2, 0.25) is 11.7 Å². The second-order valence-corrected chi connectivity index (χ2v) is 9.81. The summed E-state index contributed by atoms with van der Waals surface area (Å²) in [5.74, 6) is -2.71. The van der Waals surface area contributed by atoms with E-state index >= 15 is 0 Å². The Hall–Kier alpha value is -1.51. The van der Waals surface area contributed by atoms with E-state index in [4.69, 9.17) is 15.2 Å². The minimum atomic E-state index is -0.975. The predicted octanol–water partition coefficient (Wildman–Crippen LogP) is 1.80. The summed E-state index contributed by atoms with van der Waals surface area (Å²) in [5, 5.41) is 5.38. The molecule has 0 unspecified atom stereocenters. The van der Waals surface area contributed by atoms with Gasteiger partial charge in [-0.2, -0.15) is 0 Å². The Balaban J connectivity index is 1.94. The molecule has 8 heteroatoms. The molecule has 1 aliphatic carbocycles. The lowest BCUT2D eigenvalue weighted by Crippen LogP contribution is -2.60. The molecule has 8 nitrogen and oxygen atoms in total. The van der Waals surface area contributed by atoms with Gasteiger partial charge >= 0.3 is 0 Å². The lowest BCUT2D eigenvalue weighted by molar-refractivity contribution is -0.285. The first-order valence-electron chi connectivity index (χ1n) is 11.2. The Morgan fingerprint density at radius 1 is 1.03 bits per heavy atom. The van der Waals surface area contributed by atoms with E-state index in [1.54, 1.807) is 6.92 Å². The van der Waals surface area contributed by atoms with Crippen LogP contribution in [0.1, 0.15) is 79.1 Å². The predicted molar refractivity (Wildman–Crippen MR) is 114 cm³/mol. The average molecular weight is 426 g/mol. The van der Waals surface area contributed by atoms with Crippen molar-refractivity contribution in [2.24, 2.45) is 11.1 Å². The molecule has 0 radical (unpaired) electrons. The van der Waals surface area contributed by atoms with Gasteiger partial charge in [0.25, 0.3) is 5.91 Å². The molecular weight excluding hydrogens is 386 g/mol. The van der Waals surface area contributed by atoms with Gasteiger partial charge in [0.05, 0.1) is 31.3 Å². The Labute approximate surface area is 180 Å². The van der Waals surface area contributed by atoms with Gasteiger partial charge in [0.1, 0.15) is 0 Å². The highest BCUT2D eigenvalue weighted by molar-refractivity contribution is 6.38. The molecule has 1 heterocycles. The van der Waals surface area contributed by atoms with Crippen LogP contribution in [0.5, 0.6) is 0 Å². The third-order valence-electron chi connectivity index (χ3n) is 6.00. The van der Waals surface area contributed by atoms with E-state index in [0.29, 0.717) is 32.5 Å². The lowest BCUT2D eigenvalue weighted by Gasteiger charge is -2.41. The van der Waals surface area contributed by atoms with Crippen molar-refractivity contribution in [1.29, 1.82) is 0 Å². The van der Waals surface area contributed by atoms with Crippen LogP contribution in [0.4, 0.5) is 0 Å². The number of carbonyl (C=O) groups excluding carboxylic acids is 3. The van der Waals surface area contributed by atoms with Gasteiger partial charge < -0.3 is 25.8 Å². The van der Waals surface area contributed by atoms with Gasteiger partial charge in [-0.05, 0) is 26.2 Å². The van der Waals surface area contributed by atoms with E-state index in [9.17, 15) is 14.4 Å². The topological polar surface area (TPSA) is 120 Å². The number of amides is 2. The summed E-state index contributed by atoms with van der Waals surface area (Å²) in [5.41, 5.74) is 5.25. The number of Topliss-reactive ketones (excluding diaryl/α,β-unsaturated/α-hetero) is 1. The van der Waals surface area contributed by atoms with Crippen molar-refractivity contribution in [1.82, 2.24) is 10.6 Å². The molecule has 4 N–H and O–H groups in total. The SMILES string of the molecule is CCCC[C@H](NC(=O)C1(N)CCCCC1)C(=O)C(=O)NCC1(C)OCC(C)(C)CO1. The standard InChI is InChI=1S/C22H39N3O5/c1-5-6-10-16(25-19(28)22(23)11-8-7-9-12-22)17(26)18(27)24-13-21(4)29-14-20(2,3)15-30-21/h16H,5-15,23H2,1-4H3,(H,24,27)(H,25,28)/t16-/m0/s1. The number of hydrogen-bond acceptors (Lipinski definition) is 6. The average Bonchev–Trinajstić information content (AvgIpc) is 2.72. The van der Waals surface area contributed by atoms with Crippen LogP contribution in [0, 0.1) is 5.41 Å². The van der Waals surface area contributed by atoms with E-state index < -0.39 is 29.1 Å². The van der Waals surface area contributed by atoms with Crippen LogP contribution in [-0.2, 0) is 23.9 Å². The molecule has 172 valence electrons. The number of hydrogen-bond donors (Lipinski definition) is 3. The van der Waals surface area contributed by atoms with Crippen molar-refractivity contribution in [2.45, 2.75) is 96.4 Å². The molecule has 30 heavy (non-hydrogen) atoms. The summed E-state index contributed by atoms with van der Waals surface area (Å²) in [6.07, 6.45) is 6.04. The van der Waals surface area contributed by atoms with Gasteiger partial charge in [-0.3, -0.25) is 14.4 Å². The maximum absolute atomic E-state index is 12.8. The summed E-state index contributed by atoms with van der Waals surface area (Å²) in [4.78, 5) is 38.1. The van der Waals surface area contributed by atoms with E-state index in [1.807, 2.05) is 20.8 Å². The monoisotopic (exact) mass is 425 g/mol. The quantitative estimate of drug-likeness (QED) is 0.485. The fourth-order valence-electron chi connectivity index (χ4n) is 3.76. The molecule has 1 aliphatic heterocycles. The Morgan fingerprint density at radius 2 is 1.63 bits per heavy atom. The first kappa shape index (κ1) is 24.8. The Morgan fingerprint density at radius 3 is 2.20 bits per heavy atom. The van der Waals surface area contributed by atoms with Crippen molar-refractivity contribution >= 4 is 17.6 Å². The van der Waals surface area contributed by atoms with Crippen LogP contribution in [0.25, 0.3) is 0 Å². The zero-order valence-corrected chi connectivity index (χ0v) is 19.0. The Bertz CT molecular complexity index is 618. The van der Waals surface area contributed by atoms with Crippen LogP contribution < -0.4 is 16.4 Å². The smallest absolute Gasteiger partial charge is 0.289 e. The van der Waals surface area contributed by atoms with Gasteiger partial charge in [-0.1, -0.05) is 52.9 Å². The molecule has 2 fully saturated rings. The van der Waals surface area contributed by atoms with Gasteiger partial charge in [-0.15, -0.1) is 0 Å². The first-order chi connectivity index (χ1) is 14.0. The third kappa shape index (κ3) is 6.75. The molecule has 1 saturated heterocycles. The fraction of sp³-hybridized carbons (Fsp3) is 0.864. The molecule has 2 amide bonds. The minimum Gasteiger partial charge on any atom is -0.348 e. The second-order valence-electron chi connectivity index (χ2n) is 9.81. The van der Waals surface area contributed by atoms with Gasteiger partial charge in [0.15, 0.2) is 5.79 Å². The molecule has 2 aliphatic rings. The largest absolute Gasteiger partial charge is 0.348 e. The van der Waals surface area contributed by atoms with E-state index in [0.717, 1.165) is 32.1 Å². The normalized spacial score (nSPS) is 23.2. The summed E-state index contributed by atoms with van der Waals surface area (Å²) in [7, 11) is 0. The molecule has 0 aromatic heterocycles. The molecule has 2 rings (SSSR count). The minimum absolute atomic E-state index is 0.0585. The second kappa shape index (κ2) is 10.2. The molecule has 0 aromatic carbocycles. The van der Waals surface area contributed by atoms with Crippen LogP contribution in [-0.4, -0.2) is 54.7 Å². The molecule has 0 aromatic rings. The summed E-state index contributed by atoms with van der Waals surface area (Å²) >= 11 is 0. The number of carbonyl (C=O) groups is 3. The van der Waals surface area contributed by atoms with Crippen molar-refractivity contribution < 1.29 is 23.9 Å². The molecule has 1 atom stereocenters. The van der Waals surface area contributed by atoms with E-state index in [-0.39, 0.29) is 17.9 Å². The van der Waals surface area contributed by atoms with Crippen molar-refractivity contribution in [3.8, 4) is 0 Å². The van der Waals surface area contributed by atoms with E-state index in [1.165, 1.54) is 0 Å². The van der Waals surface area contributed by atoms with Crippen LogP contribution >= 0.6 is 0 Å². The molecule has 0 spiro atoms. The van der Waals surface area contributed by atoms with Crippen molar-refractivity contribution in [3.63, 3.8) is 0 Å². The van der Waals surface area contributed by atoms with E-state index in [2.05, 4.69) is 10.6 Å². The maximum Gasteiger partial charge on any atom is 0.289 e. The zero-order valence-electron chi connectivity index (χ0n) is 19.0. The number of nitrogens with one attached hydrogen (secondary N) is 2. The zero-order chi connectivity index (χ0) is 22.4. The number of unbranched alkanes of at least 4 members (excludes halogenated alkanes) is 1. The summed E-state index contributed by atoms with van der Waals surface area (Å²) < 4.78 is 11.5.